The third kappa shape index (κ3) is 3.34. The van der Waals surface area contributed by atoms with E-state index in [0.29, 0.717) is 30.1 Å². The Morgan fingerprint density at radius 3 is 2.61 bits per heavy atom. The van der Waals surface area contributed by atoms with Gasteiger partial charge in [0.25, 0.3) is 5.56 Å². The summed E-state index contributed by atoms with van der Waals surface area (Å²) in [6.45, 7) is 2.95. The summed E-state index contributed by atoms with van der Waals surface area (Å²) in [7, 11) is 1.61. The average Bonchev–Trinajstić information content (AvgIpc) is 3.04. The van der Waals surface area contributed by atoms with E-state index in [1.54, 1.807) is 7.05 Å². The topological polar surface area (TPSA) is 84.7 Å². The van der Waals surface area contributed by atoms with E-state index in [1.807, 2.05) is 66.1 Å². The number of nitrogens with one attached hydrogen (secondary N) is 2. The molecule has 0 radical (unpaired) electrons. The van der Waals surface area contributed by atoms with Gasteiger partial charge in [0.15, 0.2) is 11.2 Å². The van der Waals surface area contributed by atoms with Gasteiger partial charge in [-0.15, -0.1) is 0 Å². The first-order valence-electron chi connectivity index (χ1n) is 9.06. The van der Waals surface area contributed by atoms with Crippen molar-refractivity contribution in [2.24, 2.45) is 7.05 Å². The summed E-state index contributed by atoms with van der Waals surface area (Å²) in [5, 5.41) is 3.36. The number of imidazole rings is 1. The second-order valence-electron chi connectivity index (χ2n) is 6.81. The first-order valence-corrected chi connectivity index (χ1v) is 9.06. The van der Waals surface area contributed by atoms with Gasteiger partial charge in [-0.25, -0.2) is 9.78 Å². The van der Waals surface area contributed by atoms with Gasteiger partial charge in [0, 0.05) is 19.3 Å². The van der Waals surface area contributed by atoms with Crippen LogP contribution in [0.25, 0.3) is 11.2 Å². The minimum absolute atomic E-state index is 0.380. The van der Waals surface area contributed by atoms with Crippen molar-refractivity contribution in [3.05, 3.63) is 92.4 Å². The first-order chi connectivity index (χ1) is 13.5. The highest BCUT2D eigenvalue weighted by Gasteiger charge is 2.17. The molecule has 0 saturated carbocycles. The summed E-state index contributed by atoms with van der Waals surface area (Å²) in [5.41, 5.74) is 3.05. The number of aromatic nitrogens is 4. The molecule has 0 atom stereocenters. The maximum Gasteiger partial charge on any atom is 0.329 e. The van der Waals surface area contributed by atoms with Crippen LogP contribution in [0.4, 0.5) is 5.69 Å². The highest BCUT2D eigenvalue weighted by molar-refractivity contribution is 5.71. The molecule has 2 aromatic carbocycles. The van der Waals surface area contributed by atoms with Crippen LogP contribution in [0, 0.1) is 6.92 Å². The van der Waals surface area contributed by atoms with E-state index < -0.39 is 11.2 Å². The number of hydrogen-bond donors (Lipinski definition) is 2. The molecular formula is C21H21N5O2. The molecule has 2 aromatic heterocycles. The molecule has 4 rings (SSSR count). The van der Waals surface area contributed by atoms with Crippen molar-refractivity contribution in [1.82, 2.24) is 19.1 Å². The van der Waals surface area contributed by atoms with Crippen LogP contribution in [-0.2, 0) is 20.1 Å². The summed E-state index contributed by atoms with van der Waals surface area (Å²) in [6, 6.07) is 17.9. The molecule has 0 bridgehead atoms. The fourth-order valence-electron chi connectivity index (χ4n) is 3.29. The second kappa shape index (κ2) is 7.19. The van der Waals surface area contributed by atoms with E-state index in [1.165, 1.54) is 4.57 Å². The maximum atomic E-state index is 12.5. The lowest BCUT2D eigenvalue weighted by atomic mass is 10.2. The van der Waals surface area contributed by atoms with Crippen molar-refractivity contribution in [2.45, 2.75) is 20.0 Å². The number of aryl methyl sites for hydroxylation is 2. The molecule has 2 N–H and O–H groups in total. The van der Waals surface area contributed by atoms with Crippen LogP contribution in [0.3, 0.4) is 0 Å². The minimum atomic E-state index is -0.472. The Balaban J connectivity index is 1.80. The molecule has 2 heterocycles. The normalized spacial score (nSPS) is 11.1. The third-order valence-corrected chi connectivity index (χ3v) is 4.74. The number of hydrogen-bond acceptors (Lipinski definition) is 4. The Morgan fingerprint density at radius 1 is 1.07 bits per heavy atom. The summed E-state index contributed by atoms with van der Waals surface area (Å²) in [6.07, 6.45) is 0. The standard InChI is InChI=1S/C21H21N5O2/c1-14-7-6-10-16(11-14)22-12-17-23-19-18(20(27)24-21(28)25(19)2)26(17)13-15-8-4-3-5-9-15/h3-11,22H,12-13H2,1-2H3,(H,24,27,28). The van der Waals surface area contributed by atoms with Gasteiger partial charge in [0.2, 0.25) is 0 Å². The molecule has 0 aliphatic heterocycles. The smallest absolute Gasteiger partial charge is 0.329 e. The van der Waals surface area contributed by atoms with Gasteiger partial charge in [-0.1, -0.05) is 42.5 Å². The van der Waals surface area contributed by atoms with Gasteiger partial charge < -0.3 is 9.88 Å². The van der Waals surface area contributed by atoms with Crippen molar-refractivity contribution in [3.63, 3.8) is 0 Å². The molecule has 7 nitrogen and oxygen atoms in total. The van der Waals surface area contributed by atoms with E-state index in [0.717, 1.165) is 16.8 Å². The molecule has 4 aromatic rings. The number of H-pyrrole nitrogens is 1. The number of benzene rings is 2. The summed E-state index contributed by atoms with van der Waals surface area (Å²) < 4.78 is 3.24. The minimum Gasteiger partial charge on any atom is -0.378 e. The van der Waals surface area contributed by atoms with Crippen molar-refractivity contribution in [3.8, 4) is 0 Å². The van der Waals surface area contributed by atoms with Crippen LogP contribution in [0.5, 0.6) is 0 Å². The Morgan fingerprint density at radius 2 is 1.86 bits per heavy atom. The zero-order valence-electron chi connectivity index (χ0n) is 15.8. The van der Waals surface area contributed by atoms with Gasteiger partial charge in [0.1, 0.15) is 5.82 Å². The predicted molar refractivity (Wildman–Crippen MR) is 110 cm³/mol. The Bertz CT molecular complexity index is 1250. The zero-order chi connectivity index (χ0) is 19.7. The molecule has 0 spiro atoms. The molecule has 0 unspecified atom stereocenters. The quantitative estimate of drug-likeness (QED) is 0.561. The van der Waals surface area contributed by atoms with E-state index >= 15 is 0 Å². The predicted octanol–water partition coefficient (Wildman–Crippen LogP) is 2.39. The van der Waals surface area contributed by atoms with Gasteiger partial charge in [0.05, 0.1) is 6.54 Å². The van der Waals surface area contributed by atoms with Crippen LogP contribution in [0.15, 0.2) is 64.2 Å². The van der Waals surface area contributed by atoms with E-state index in [-0.39, 0.29) is 0 Å². The molecular weight excluding hydrogens is 354 g/mol. The molecule has 0 aliphatic rings. The van der Waals surface area contributed by atoms with Crippen LogP contribution in [0.1, 0.15) is 17.0 Å². The van der Waals surface area contributed by atoms with Crippen LogP contribution in [0.2, 0.25) is 0 Å². The number of rotatable bonds is 5. The summed E-state index contributed by atoms with van der Waals surface area (Å²) in [4.78, 5) is 31.5. The van der Waals surface area contributed by atoms with Crippen LogP contribution in [-0.4, -0.2) is 19.1 Å². The van der Waals surface area contributed by atoms with Crippen molar-refractivity contribution < 1.29 is 0 Å². The van der Waals surface area contributed by atoms with Gasteiger partial charge >= 0.3 is 5.69 Å². The Kier molecular flexibility index (Phi) is 4.57. The molecule has 0 aliphatic carbocycles. The van der Waals surface area contributed by atoms with Crippen molar-refractivity contribution in [2.75, 3.05) is 5.32 Å². The molecule has 28 heavy (non-hydrogen) atoms. The van der Waals surface area contributed by atoms with Gasteiger partial charge in [-0.05, 0) is 30.2 Å². The number of fused-ring (bicyclic) bond motifs is 1. The SMILES string of the molecule is Cc1cccc(NCc2nc3c(c(=O)[nH]c(=O)n3C)n2Cc2ccccc2)c1. The van der Waals surface area contributed by atoms with Crippen LogP contribution < -0.4 is 16.6 Å². The molecule has 7 heteroatoms. The largest absolute Gasteiger partial charge is 0.378 e. The van der Waals surface area contributed by atoms with Crippen molar-refractivity contribution in [1.29, 1.82) is 0 Å². The lowest BCUT2D eigenvalue weighted by Crippen LogP contribution is -2.29. The van der Waals surface area contributed by atoms with Gasteiger partial charge in [-0.2, -0.15) is 0 Å². The molecule has 0 amide bonds. The Labute approximate surface area is 161 Å². The monoisotopic (exact) mass is 375 g/mol. The number of anilines is 1. The Hall–Kier alpha value is -3.61. The number of aromatic amines is 1. The lowest BCUT2D eigenvalue weighted by Gasteiger charge is -2.11. The summed E-state index contributed by atoms with van der Waals surface area (Å²) >= 11 is 0. The molecule has 142 valence electrons. The lowest BCUT2D eigenvalue weighted by molar-refractivity contribution is 0.753. The summed E-state index contributed by atoms with van der Waals surface area (Å²) in [5.74, 6) is 0.687. The highest BCUT2D eigenvalue weighted by atomic mass is 16.2. The van der Waals surface area contributed by atoms with Crippen molar-refractivity contribution >= 4 is 16.9 Å². The van der Waals surface area contributed by atoms with Gasteiger partial charge in [-0.3, -0.25) is 14.3 Å². The highest BCUT2D eigenvalue weighted by Crippen LogP contribution is 2.16. The number of nitrogens with zero attached hydrogens (tertiary/aromatic N) is 3. The fourth-order valence-corrected chi connectivity index (χ4v) is 3.29. The second-order valence-corrected chi connectivity index (χ2v) is 6.81. The third-order valence-electron chi connectivity index (χ3n) is 4.74. The molecule has 0 fully saturated rings. The van der Waals surface area contributed by atoms with E-state index in [9.17, 15) is 9.59 Å². The van der Waals surface area contributed by atoms with E-state index in [4.69, 9.17) is 0 Å². The average molecular weight is 375 g/mol. The fraction of sp³-hybridized carbons (Fsp3) is 0.190. The van der Waals surface area contributed by atoms with E-state index in [2.05, 4.69) is 15.3 Å². The first kappa shape index (κ1) is 17.8. The zero-order valence-corrected chi connectivity index (χ0v) is 15.8. The van der Waals surface area contributed by atoms with Crippen LogP contribution >= 0.6 is 0 Å². The molecule has 0 saturated heterocycles. The maximum absolute atomic E-state index is 12.5.